The molecule has 8 heteroatoms. The third kappa shape index (κ3) is 4.08. The summed E-state index contributed by atoms with van der Waals surface area (Å²) in [5.74, 6) is -0.531. The van der Waals surface area contributed by atoms with Crippen molar-refractivity contribution in [1.29, 1.82) is 0 Å². The van der Waals surface area contributed by atoms with Gasteiger partial charge in [-0.25, -0.2) is 9.59 Å². The molecule has 0 bridgehead atoms. The summed E-state index contributed by atoms with van der Waals surface area (Å²) >= 11 is 1.32. The summed E-state index contributed by atoms with van der Waals surface area (Å²) in [5.41, 5.74) is 1.43. The van der Waals surface area contributed by atoms with Gasteiger partial charge in [-0.15, -0.1) is 11.8 Å². The lowest BCUT2D eigenvalue weighted by molar-refractivity contribution is -0.117. The van der Waals surface area contributed by atoms with Gasteiger partial charge in [0.1, 0.15) is 0 Å². The molecule has 1 fully saturated rings. The van der Waals surface area contributed by atoms with E-state index in [1.165, 1.54) is 23.8 Å². The van der Waals surface area contributed by atoms with E-state index in [1.807, 2.05) is 0 Å². The van der Waals surface area contributed by atoms with E-state index in [2.05, 4.69) is 10.1 Å². The fourth-order valence-corrected chi connectivity index (χ4v) is 2.97. The van der Waals surface area contributed by atoms with Gasteiger partial charge in [0.05, 0.1) is 24.2 Å². The van der Waals surface area contributed by atoms with Crippen LogP contribution < -0.4 is 5.32 Å². The molecule has 7 nitrogen and oxygen atoms in total. The first-order chi connectivity index (χ1) is 11.5. The maximum atomic E-state index is 12.2. The smallest absolute Gasteiger partial charge is 0.407 e. The molecule has 0 atom stereocenters. The number of piperidine rings is 1. The number of rotatable bonds is 4. The van der Waals surface area contributed by atoms with E-state index in [1.54, 1.807) is 30.5 Å². The highest BCUT2D eigenvalue weighted by Crippen LogP contribution is 2.25. The van der Waals surface area contributed by atoms with Crippen molar-refractivity contribution in [1.82, 2.24) is 4.90 Å². The van der Waals surface area contributed by atoms with E-state index in [0.29, 0.717) is 21.9 Å². The van der Waals surface area contributed by atoms with Crippen LogP contribution in [-0.4, -0.2) is 54.3 Å². The first-order valence-corrected chi connectivity index (χ1v) is 8.42. The SMILES string of the molecule is COC(=O)c1cccc(N/C(SC)=C2/CN(C(=O)O)CCC2=O)c1. The van der Waals surface area contributed by atoms with Crippen LogP contribution in [0.15, 0.2) is 34.9 Å². The van der Waals surface area contributed by atoms with Crippen LogP contribution in [0.4, 0.5) is 10.5 Å². The molecule has 1 aromatic carbocycles. The van der Waals surface area contributed by atoms with Crippen LogP contribution >= 0.6 is 11.8 Å². The van der Waals surface area contributed by atoms with Gasteiger partial charge in [-0.3, -0.25) is 4.79 Å². The zero-order valence-electron chi connectivity index (χ0n) is 13.4. The molecule has 1 aromatic rings. The molecule has 128 valence electrons. The van der Waals surface area contributed by atoms with E-state index in [0.717, 1.165) is 0 Å². The molecule has 24 heavy (non-hydrogen) atoms. The number of thioether (sulfide) groups is 1. The van der Waals surface area contributed by atoms with Crippen LogP contribution in [0.1, 0.15) is 16.8 Å². The van der Waals surface area contributed by atoms with E-state index in [4.69, 9.17) is 5.11 Å². The second-order valence-corrected chi connectivity index (χ2v) is 5.90. The van der Waals surface area contributed by atoms with Crippen molar-refractivity contribution in [3.63, 3.8) is 0 Å². The summed E-state index contributed by atoms with van der Waals surface area (Å²) in [4.78, 5) is 36.1. The van der Waals surface area contributed by atoms with Gasteiger partial charge in [-0.1, -0.05) is 6.07 Å². The Balaban J connectivity index is 2.29. The van der Waals surface area contributed by atoms with Gasteiger partial charge in [0.25, 0.3) is 0 Å². The fourth-order valence-electron chi connectivity index (χ4n) is 2.33. The van der Waals surface area contributed by atoms with Crippen molar-refractivity contribution in [2.75, 3.05) is 31.8 Å². The maximum Gasteiger partial charge on any atom is 0.407 e. The summed E-state index contributed by atoms with van der Waals surface area (Å²) in [6.07, 6.45) is 0.912. The predicted octanol–water partition coefficient (Wildman–Crippen LogP) is 2.41. The van der Waals surface area contributed by atoms with Crippen LogP contribution in [-0.2, 0) is 9.53 Å². The van der Waals surface area contributed by atoms with Gasteiger partial charge in [0, 0.05) is 24.2 Å². The highest BCUT2D eigenvalue weighted by molar-refractivity contribution is 8.02. The Hall–Kier alpha value is -2.48. The molecule has 1 aliphatic rings. The number of carbonyl (C=O) groups excluding carboxylic acids is 2. The lowest BCUT2D eigenvalue weighted by Crippen LogP contribution is -2.40. The monoisotopic (exact) mass is 350 g/mol. The molecule has 0 unspecified atom stereocenters. The largest absolute Gasteiger partial charge is 0.465 e. The van der Waals surface area contributed by atoms with Crippen molar-refractivity contribution >= 4 is 35.3 Å². The van der Waals surface area contributed by atoms with Crippen LogP contribution in [0, 0.1) is 0 Å². The molecular weight excluding hydrogens is 332 g/mol. The van der Waals surface area contributed by atoms with Gasteiger partial charge >= 0.3 is 12.1 Å². The standard InChI is InChI=1S/C16H18N2O5S/c1-23-15(20)10-4-3-5-11(8-10)17-14(24-2)12-9-18(16(21)22)7-6-13(12)19/h3-5,8,17H,6-7,9H2,1-2H3,(H,21,22)/b14-12+. The van der Waals surface area contributed by atoms with Gasteiger partial charge < -0.3 is 20.1 Å². The maximum absolute atomic E-state index is 12.2. The Morgan fingerprint density at radius 1 is 1.38 bits per heavy atom. The van der Waals surface area contributed by atoms with Gasteiger partial charge in [0.15, 0.2) is 5.78 Å². The molecule has 1 amide bonds. The van der Waals surface area contributed by atoms with Crippen molar-refractivity contribution in [3.8, 4) is 0 Å². The number of benzene rings is 1. The number of methoxy groups -OCH3 is 1. The Bertz CT molecular complexity index is 701. The topological polar surface area (TPSA) is 95.9 Å². The molecule has 0 spiro atoms. The molecular formula is C16H18N2O5S. The number of Topliss-reactive ketones (excluding diaryl/α,β-unsaturated/α-hetero) is 1. The van der Waals surface area contributed by atoms with E-state index in [9.17, 15) is 14.4 Å². The van der Waals surface area contributed by atoms with Gasteiger partial charge in [-0.05, 0) is 24.5 Å². The molecule has 0 saturated carbocycles. The summed E-state index contributed by atoms with van der Waals surface area (Å²) in [6, 6.07) is 6.70. The number of ketones is 1. The number of anilines is 1. The molecule has 0 radical (unpaired) electrons. The highest BCUT2D eigenvalue weighted by Gasteiger charge is 2.27. The predicted molar refractivity (Wildman–Crippen MR) is 91.2 cm³/mol. The first kappa shape index (κ1) is 17.9. The van der Waals surface area contributed by atoms with E-state index < -0.39 is 12.1 Å². The van der Waals surface area contributed by atoms with Crippen molar-refractivity contribution < 1.29 is 24.2 Å². The minimum atomic E-state index is -1.05. The molecule has 1 aliphatic heterocycles. The van der Waals surface area contributed by atoms with E-state index in [-0.39, 0.29) is 25.3 Å². The molecule has 0 aliphatic carbocycles. The molecule has 2 rings (SSSR count). The zero-order chi connectivity index (χ0) is 17.7. The number of carbonyl (C=O) groups is 3. The van der Waals surface area contributed by atoms with Gasteiger partial charge in [-0.2, -0.15) is 0 Å². The normalized spacial score (nSPS) is 16.6. The molecule has 1 heterocycles. The zero-order valence-corrected chi connectivity index (χ0v) is 14.2. The Morgan fingerprint density at radius 2 is 2.12 bits per heavy atom. The summed E-state index contributed by atoms with van der Waals surface area (Å²) < 4.78 is 4.69. The Kier molecular flexibility index (Phi) is 5.86. The lowest BCUT2D eigenvalue weighted by atomic mass is 10.0. The van der Waals surface area contributed by atoms with Crippen LogP contribution in [0.5, 0.6) is 0 Å². The number of amides is 1. The summed E-state index contributed by atoms with van der Waals surface area (Å²) in [5, 5.41) is 12.8. The van der Waals surface area contributed by atoms with Crippen LogP contribution in [0.25, 0.3) is 0 Å². The summed E-state index contributed by atoms with van der Waals surface area (Å²) in [7, 11) is 1.30. The second-order valence-electron chi connectivity index (χ2n) is 5.09. The van der Waals surface area contributed by atoms with Crippen molar-refractivity contribution in [2.24, 2.45) is 0 Å². The number of ether oxygens (including phenoxy) is 1. The van der Waals surface area contributed by atoms with Crippen molar-refractivity contribution in [2.45, 2.75) is 6.42 Å². The minimum absolute atomic E-state index is 0.0496. The summed E-state index contributed by atoms with van der Waals surface area (Å²) in [6.45, 7) is 0.255. The highest BCUT2D eigenvalue weighted by atomic mass is 32.2. The molecule has 2 N–H and O–H groups in total. The number of carboxylic acid groups (broad SMARTS) is 1. The van der Waals surface area contributed by atoms with Crippen molar-refractivity contribution in [3.05, 3.63) is 40.4 Å². The average molecular weight is 350 g/mol. The number of likely N-dealkylation sites (tertiary alicyclic amines) is 1. The number of nitrogens with zero attached hydrogens (tertiary/aromatic N) is 1. The Morgan fingerprint density at radius 3 is 2.75 bits per heavy atom. The second kappa shape index (κ2) is 7.87. The van der Waals surface area contributed by atoms with Gasteiger partial charge in [0.2, 0.25) is 0 Å². The number of hydrogen-bond donors (Lipinski definition) is 2. The third-order valence-corrected chi connectivity index (χ3v) is 4.34. The minimum Gasteiger partial charge on any atom is -0.465 e. The number of esters is 1. The quantitative estimate of drug-likeness (QED) is 0.636. The molecule has 0 aromatic heterocycles. The van der Waals surface area contributed by atoms with Crippen LogP contribution in [0.3, 0.4) is 0 Å². The van der Waals surface area contributed by atoms with E-state index >= 15 is 0 Å². The lowest BCUT2D eigenvalue weighted by Gasteiger charge is -2.27. The third-order valence-electron chi connectivity index (χ3n) is 3.58. The Labute approximate surface area is 143 Å². The number of nitrogens with one attached hydrogen (secondary N) is 1. The molecule has 1 saturated heterocycles. The fraction of sp³-hybridized carbons (Fsp3) is 0.312. The number of hydrogen-bond acceptors (Lipinski definition) is 6. The average Bonchev–Trinajstić information content (AvgIpc) is 2.59. The first-order valence-electron chi connectivity index (χ1n) is 7.20. The van der Waals surface area contributed by atoms with Crippen LogP contribution in [0.2, 0.25) is 0 Å².